The van der Waals surface area contributed by atoms with E-state index < -0.39 is 0 Å². The maximum atomic E-state index is 12.0. The Balaban J connectivity index is 1.35. The van der Waals surface area contributed by atoms with Crippen LogP contribution in [-0.2, 0) is 17.8 Å². The summed E-state index contributed by atoms with van der Waals surface area (Å²) in [6.45, 7) is 1.31. The van der Waals surface area contributed by atoms with Gasteiger partial charge in [0, 0.05) is 23.0 Å². The number of aromatic nitrogens is 2. The van der Waals surface area contributed by atoms with Gasteiger partial charge in [-0.1, -0.05) is 52.9 Å². The fourth-order valence-corrected chi connectivity index (χ4v) is 4.51. The predicted octanol–water partition coefficient (Wildman–Crippen LogP) is 4.32. The zero-order valence-corrected chi connectivity index (χ0v) is 17.0. The van der Waals surface area contributed by atoms with Crippen molar-refractivity contribution in [1.82, 2.24) is 15.5 Å². The molecule has 2 heterocycles. The summed E-state index contributed by atoms with van der Waals surface area (Å²) in [4.78, 5) is 13.3. The normalized spacial score (nSPS) is 10.7. The van der Waals surface area contributed by atoms with Gasteiger partial charge >= 0.3 is 0 Å². The number of benzene rings is 1. The molecule has 5 nitrogen and oxygen atoms in total. The highest BCUT2D eigenvalue weighted by Crippen LogP contribution is 2.25. The van der Waals surface area contributed by atoms with Crippen molar-refractivity contribution in [2.75, 3.05) is 17.6 Å². The molecule has 0 atom stereocenters. The van der Waals surface area contributed by atoms with Crippen LogP contribution < -0.4 is 10.6 Å². The van der Waals surface area contributed by atoms with Crippen LogP contribution in [0.2, 0.25) is 5.02 Å². The average Bonchev–Trinajstić information content (AvgIpc) is 3.32. The summed E-state index contributed by atoms with van der Waals surface area (Å²) in [6.07, 6.45) is 0.965. The van der Waals surface area contributed by atoms with E-state index in [1.807, 2.05) is 24.3 Å². The second kappa shape index (κ2) is 9.91. The number of amides is 1. The highest BCUT2D eigenvalue weighted by Gasteiger charge is 2.08. The van der Waals surface area contributed by atoms with E-state index in [9.17, 15) is 4.79 Å². The summed E-state index contributed by atoms with van der Waals surface area (Å²) in [5.41, 5.74) is 1.01. The van der Waals surface area contributed by atoms with Gasteiger partial charge in [0.15, 0.2) is 4.34 Å². The molecule has 0 aliphatic rings. The van der Waals surface area contributed by atoms with Crippen LogP contribution in [0.25, 0.3) is 0 Å². The molecule has 0 spiro atoms. The number of nitrogens with one attached hydrogen (secondary N) is 2. The van der Waals surface area contributed by atoms with E-state index in [1.165, 1.54) is 28.0 Å². The molecular weight excluding hydrogens is 408 g/mol. The average molecular weight is 425 g/mol. The summed E-state index contributed by atoms with van der Waals surface area (Å²) in [6, 6.07) is 11.6. The molecule has 3 rings (SSSR count). The van der Waals surface area contributed by atoms with Gasteiger partial charge in [0.2, 0.25) is 11.0 Å². The molecular formula is C17H17ClN4OS3. The third kappa shape index (κ3) is 6.28. The molecule has 2 N–H and O–H groups in total. The van der Waals surface area contributed by atoms with E-state index in [1.54, 1.807) is 11.3 Å². The third-order valence-corrected chi connectivity index (χ3v) is 6.57. The minimum absolute atomic E-state index is 0.0349. The lowest BCUT2D eigenvalue weighted by Gasteiger charge is -2.04. The van der Waals surface area contributed by atoms with E-state index in [2.05, 4.69) is 38.3 Å². The Kier molecular flexibility index (Phi) is 7.31. The molecule has 9 heteroatoms. The molecule has 1 aromatic carbocycles. The highest BCUT2D eigenvalue weighted by atomic mass is 35.5. The lowest BCUT2D eigenvalue weighted by molar-refractivity contribution is -0.118. The largest absolute Gasteiger partial charge is 0.360 e. The van der Waals surface area contributed by atoms with Crippen molar-refractivity contribution in [1.29, 1.82) is 0 Å². The second-order valence-electron chi connectivity index (χ2n) is 5.32. The fourth-order valence-electron chi connectivity index (χ4n) is 2.07. The van der Waals surface area contributed by atoms with E-state index in [0.29, 0.717) is 17.3 Å². The second-order valence-corrected chi connectivity index (χ2v) is 8.99. The summed E-state index contributed by atoms with van der Waals surface area (Å²) in [5, 5.41) is 17.9. The quantitative estimate of drug-likeness (QED) is 0.501. The molecule has 0 radical (unpaired) electrons. The Morgan fingerprint density at radius 1 is 1.19 bits per heavy atom. The molecule has 1 amide bonds. The smallest absolute Gasteiger partial charge is 0.230 e. The SMILES string of the molecule is O=C(CSc1nnc(NCCc2cccs2)s1)NCc1ccc(Cl)cc1. The van der Waals surface area contributed by atoms with Gasteiger partial charge in [-0.25, -0.2) is 0 Å². The van der Waals surface area contributed by atoms with Crippen molar-refractivity contribution in [3.05, 3.63) is 57.2 Å². The lowest BCUT2D eigenvalue weighted by Crippen LogP contribution is -2.24. The molecule has 26 heavy (non-hydrogen) atoms. The van der Waals surface area contributed by atoms with Gasteiger partial charge in [0.25, 0.3) is 0 Å². The van der Waals surface area contributed by atoms with Crippen LogP contribution in [0.1, 0.15) is 10.4 Å². The first-order valence-corrected chi connectivity index (χ1v) is 11.0. The summed E-state index contributed by atoms with van der Waals surface area (Å²) < 4.78 is 0.783. The number of halogens is 1. The first-order valence-electron chi connectivity index (χ1n) is 7.93. The van der Waals surface area contributed by atoms with E-state index in [0.717, 1.165) is 28.0 Å². The zero-order chi connectivity index (χ0) is 18.2. The van der Waals surface area contributed by atoms with Gasteiger partial charge in [0.05, 0.1) is 5.75 Å². The van der Waals surface area contributed by atoms with Crippen molar-refractivity contribution in [2.45, 2.75) is 17.3 Å². The number of carbonyl (C=O) groups is 1. The molecule has 136 valence electrons. The van der Waals surface area contributed by atoms with Gasteiger partial charge < -0.3 is 10.6 Å². The molecule has 0 aliphatic carbocycles. The number of carbonyl (C=O) groups excluding carboxylic acids is 1. The van der Waals surface area contributed by atoms with Crippen LogP contribution in [0.4, 0.5) is 5.13 Å². The first-order chi connectivity index (χ1) is 12.7. The summed E-state index contributed by atoms with van der Waals surface area (Å²) in [7, 11) is 0. The molecule has 0 aliphatic heterocycles. The Hall–Kier alpha value is -1.61. The monoisotopic (exact) mass is 424 g/mol. The Labute approximate surface area is 169 Å². The van der Waals surface area contributed by atoms with Crippen molar-refractivity contribution in [3.63, 3.8) is 0 Å². The Bertz CT molecular complexity index is 821. The van der Waals surface area contributed by atoms with Crippen LogP contribution in [-0.4, -0.2) is 28.4 Å². The van der Waals surface area contributed by atoms with Crippen LogP contribution >= 0.6 is 46.0 Å². The van der Waals surface area contributed by atoms with E-state index in [4.69, 9.17) is 11.6 Å². The van der Waals surface area contributed by atoms with Gasteiger partial charge in [-0.2, -0.15) is 0 Å². The minimum Gasteiger partial charge on any atom is -0.360 e. The van der Waals surface area contributed by atoms with E-state index in [-0.39, 0.29) is 5.91 Å². The number of thioether (sulfide) groups is 1. The van der Waals surface area contributed by atoms with Gasteiger partial charge in [-0.3, -0.25) is 4.79 Å². The van der Waals surface area contributed by atoms with Crippen molar-refractivity contribution < 1.29 is 4.79 Å². The number of anilines is 1. The van der Waals surface area contributed by atoms with Gasteiger partial charge in [-0.15, -0.1) is 21.5 Å². The molecule has 0 bridgehead atoms. The maximum absolute atomic E-state index is 12.0. The predicted molar refractivity (Wildman–Crippen MR) is 110 cm³/mol. The van der Waals surface area contributed by atoms with Crippen LogP contribution in [0, 0.1) is 0 Å². The molecule has 3 aromatic rings. The van der Waals surface area contributed by atoms with Crippen LogP contribution in [0.5, 0.6) is 0 Å². The number of hydrogen-bond acceptors (Lipinski definition) is 7. The molecule has 0 saturated carbocycles. The number of hydrogen-bond donors (Lipinski definition) is 2. The molecule has 0 fully saturated rings. The molecule has 2 aromatic heterocycles. The Morgan fingerprint density at radius 2 is 2.04 bits per heavy atom. The molecule has 0 unspecified atom stereocenters. The van der Waals surface area contributed by atoms with Gasteiger partial charge in [0.1, 0.15) is 0 Å². The Morgan fingerprint density at radius 3 is 2.81 bits per heavy atom. The van der Waals surface area contributed by atoms with Crippen LogP contribution in [0.3, 0.4) is 0 Å². The first kappa shape index (κ1) is 19.2. The van der Waals surface area contributed by atoms with Crippen LogP contribution in [0.15, 0.2) is 46.1 Å². The zero-order valence-electron chi connectivity index (χ0n) is 13.8. The number of thiophene rings is 1. The summed E-state index contributed by atoms with van der Waals surface area (Å²) >= 11 is 10.5. The van der Waals surface area contributed by atoms with E-state index >= 15 is 0 Å². The van der Waals surface area contributed by atoms with Crippen molar-refractivity contribution in [2.24, 2.45) is 0 Å². The minimum atomic E-state index is -0.0349. The fraction of sp³-hybridized carbons (Fsp3) is 0.235. The molecule has 0 saturated heterocycles. The lowest BCUT2D eigenvalue weighted by atomic mass is 10.2. The summed E-state index contributed by atoms with van der Waals surface area (Å²) in [5.74, 6) is 0.282. The van der Waals surface area contributed by atoms with Gasteiger partial charge in [-0.05, 0) is 35.6 Å². The number of rotatable bonds is 9. The third-order valence-electron chi connectivity index (χ3n) is 3.36. The van der Waals surface area contributed by atoms with Crippen molar-refractivity contribution >= 4 is 57.1 Å². The topological polar surface area (TPSA) is 66.9 Å². The highest BCUT2D eigenvalue weighted by molar-refractivity contribution is 8.01. The standard InChI is InChI=1S/C17H17ClN4OS3/c18-13-5-3-12(4-6-13)10-20-15(23)11-25-17-22-21-16(26-17)19-8-7-14-2-1-9-24-14/h1-6,9H,7-8,10-11H2,(H,19,21)(H,20,23). The van der Waals surface area contributed by atoms with Crippen molar-refractivity contribution in [3.8, 4) is 0 Å². The number of nitrogens with zero attached hydrogens (tertiary/aromatic N) is 2. The maximum Gasteiger partial charge on any atom is 0.230 e.